The molecule has 0 amide bonds. The summed E-state index contributed by atoms with van der Waals surface area (Å²) in [6.45, 7) is 9.97. The maximum atomic E-state index is 3.62. The van der Waals surface area contributed by atoms with Gasteiger partial charge in [-0.2, -0.15) is 0 Å². The van der Waals surface area contributed by atoms with Crippen LogP contribution in [0.5, 0.6) is 0 Å². The van der Waals surface area contributed by atoms with Gasteiger partial charge in [-0.3, -0.25) is 0 Å². The van der Waals surface area contributed by atoms with Gasteiger partial charge in [0.15, 0.2) is 0 Å². The van der Waals surface area contributed by atoms with E-state index < -0.39 is 0 Å². The predicted molar refractivity (Wildman–Crippen MR) is 133 cm³/mol. The molecule has 3 rings (SSSR count). The first-order valence-electron chi connectivity index (χ1n) is 12.9. The van der Waals surface area contributed by atoms with Gasteiger partial charge in [0.2, 0.25) is 0 Å². The molecule has 0 aromatic heterocycles. The van der Waals surface area contributed by atoms with Crippen molar-refractivity contribution in [3.8, 4) is 0 Å². The van der Waals surface area contributed by atoms with E-state index in [0.717, 1.165) is 41.4 Å². The zero-order valence-electron chi connectivity index (χ0n) is 19.9. The highest BCUT2D eigenvalue weighted by molar-refractivity contribution is 4.83. The third-order valence-corrected chi connectivity index (χ3v) is 9.05. The second-order valence-electron chi connectivity index (χ2n) is 11.0. The van der Waals surface area contributed by atoms with E-state index in [-0.39, 0.29) is 18.4 Å². The number of hydrogen-bond donors (Lipinski definition) is 1. The van der Waals surface area contributed by atoms with Gasteiger partial charge in [-0.1, -0.05) is 60.3 Å². The van der Waals surface area contributed by atoms with Crippen LogP contribution in [0, 0.1) is 41.4 Å². The molecule has 3 nitrogen and oxygen atoms in total. The van der Waals surface area contributed by atoms with Gasteiger partial charge in [-0.15, -0.1) is 0 Å². The molecule has 0 spiro atoms. The molecule has 2 saturated carbocycles. The van der Waals surface area contributed by atoms with E-state index in [4.69, 9.17) is 0 Å². The van der Waals surface area contributed by atoms with Crippen molar-refractivity contribution in [2.75, 3.05) is 13.1 Å². The molecule has 0 aromatic carbocycles. The summed E-state index contributed by atoms with van der Waals surface area (Å²) in [6.07, 6.45) is 21.1. The van der Waals surface area contributed by atoms with E-state index in [1.54, 1.807) is 44.9 Å². The molecular formula is C27H57NO2. The monoisotopic (exact) mass is 427 g/mol. The molecule has 3 heteroatoms. The molecule has 1 aliphatic heterocycles. The standard InChI is InChI=1S/C26H49N.CH4.2H2O/c1-4-21(3)26(16-11-23-6-5-17-27-19-23)18-22-9-14-25(15-10-22)24-12-7-20(2)8-13-24;;;/h20-27H,4-19H2,1-3H3;1H4;2*1H2/t20?,21-,22?,23+,24?,25?,26?;;;/m1.../s1. The number of nitrogens with one attached hydrogen (secondary N) is 1. The molecule has 2 aliphatic carbocycles. The number of piperidine rings is 1. The Bertz CT molecular complexity index is 394. The lowest BCUT2D eigenvalue weighted by Crippen LogP contribution is -2.30. The third-order valence-electron chi connectivity index (χ3n) is 9.05. The summed E-state index contributed by atoms with van der Waals surface area (Å²) in [7, 11) is 0. The first-order valence-corrected chi connectivity index (χ1v) is 12.9. The molecule has 0 bridgehead atoms. The van der Waals surface area contributed by atoms with Gasteiger partial charge in [0.1, 0.15) is 0 Å². The number of hydrogen-bond acceptors (Lipinski definition) is 1. The maximum absolute atomic E-state index is 3.62. The van der Waals surface area contributed by atoms with Crippen molar-refractivity contribution < 1.29 is 11.0 Å². The Morgan fingerprint density at radius 2 is 1.43 bits per heavy atom. The highest BCUT2D eigenvalue weighted by atomic mass is 16.0. The minimum atomic E-state index is 0. The van der Waals surface area contributed by atoms with E-state index in [2.05, 4.69) is 26.1 Å². The Kier molecular flexibility index (Phi) is 15.6. The predicted octanol–water partition coefficient (Wildman–Crippen LogP) is 6.44. The van der Waals surface area contributed by atoms with Crippen molar-refractivity contribution in [1.29, 1.82) is 0 Å². The molecule has 1 saturated heterocycles. The molecule has 3 fully saturated rings. The average molecular weight is 428 g/mol. The molecule has 0 radical (unpaired) electrons. The lowest BCUT2D eigenvalue weighted by atomic mass is 9.67. The van der Waals surface area contributed by atoms with Gasteiger partial charge in [0, 0.05) is 0 Å². The molecule has 1 unspecified atom stereocenters. The molecule has 1 heterocycles. The fourth-order valence-electron chi connectivity index (χ4n) is 6.67. The molecule has 30 heavy (non-hydrogen) atoms. The fraction of sp³-hybridized carbons (Fsp3) is 1.00. The highest BCUT2D eigenvalue weighted by Gasteiger charge is 2.31. The van der Waals surface area contributed by atoms with E-state index in [9.17, 15) is 0 Å². The van der Waals surface area contributed by atoms with Crippen molar-refractivity contribution in [3.63, 3.8) is 0 Å². The highest BCUT2D eigenvalue weighted by Crippen LogP contribution is 2.43. The van der Waals surface area contributed by atoms with E-state index >= 15 is 0 Å². The van der Waals surface area contributed by atoms with Crippen LogP contribution < -0.4 is 5.32 Å². The summed E-state index contributed by atoms with van der Waals surface area (Å²) in [5.41, 5.74) is 0. The van der Waals surface area contributed by atoms with Crippen LogP contribution >= 0.6 is 0 Å². The van der Waals surface area contributed by atoms with Gasteiger partial charge in [0.25, 0.3) is 0 Å². The Labute approximate surface area is 189 Å². The van der Waals surface area contributed by atoms with Crippen LogP contribution in [0.15, 0.2) is 0 Å². The van der Waals surface area contributed by atoms with Crippen LogP contribution in [0.2, 0.25) is 0 Å². The first kappa shape index (κ1) is 29.9. The minimum absolute atomic E-state index is 0. The third kappa shape index (κ3) is 9.17. The summed E-state index contributed by atoms with van der Waals surface area (Å²) < 4.78 is 0. The number of rotatable bonds is 8. The zero-order chi connectivity index (χ0) is 19.1. The molecule has 5 N–H and O–H groups in total. The van der Waals surface area contributed by atoms with Crippen molar-refractivity contribution in [3.05, 3.63) is 0 Å². The maximum Gasteiger partial charge on any atom is -0.00205 e. The molecule has 182 valence electrons. The normalized spacial score (nSPS) is 33.9. The second-order valence-corrected chi connectivity index (χ2v) is 11.0. The van der Waals surface area contributed by atoms with Crippen molar-refractivity contribution in [2.24, 2.45) is 41.4 Å². The van der Waals surface area contributed by atoms with Gasteiger partial charge < -0.3 is 16.3 Å². The summed E-state index contributed by atoms with van der Waals surface area (Å²) in [5, 5.41) is 3.62. The fourth-order valence-corrected chi connectivity index (χ4v) is 6.67. The summed E-state index contributed by atoms with van der Waals surface area (Å²) in [4.78, 5) is 0. The Morgan fingerprint density at radius 3 is 1.97 bits per heavy atom. The quantitative estimate of drug-likeness (QED) is 0.475. The van der Waals surface area contributed by atoms with Gasteiger partial charge in [-0.25, -0.2) is 0 Å². The minimum Gasteiger partial charge on any atom is -0.412 e. The van der Waals surface area contributed by atoms with Crippen LogP contribution in [-0.2, 0) is 0 Å². The van der Waals surface area contributed by atoms with E-state index in [1.165, 1.54) is 58.0 Å². The Morgan fingerprint density at radius 1 is 0.833 bits per heavy atom. The van der Waals surface area contributed by atoms with E-state index in [1.807, 2.05) is 0 Å². The van der Waals surface area contributed by atoms with Crippen LogP contribution in [-0.4, -0.2) is 24.0 Å². The second kappa shape index (κ2) is 15.6. The van der Waals surface area contributed by atoms with Gasteiger partial charge in [-0.05, 0) is 112 Å². The van der Waals surface area contributed by atoms with Crippen molar-refractivity contribution >= 4 is 0 Å². The van der Waals surface area contributed by atoms with Crippen molar-refractivity contribution in [1.82, 2.24) is 5.32 Å². The summed E-state index contributed by atoms with van der Waals surface area (Å²) in [6, 6.07) is 0. The lowest BCUT2D eigenvalue weighted by molar-refractivity contribution is 0.130. The van der Waals surface area contributed by atoms with Gasteiger partial charge in [0.05, 0.1) is 0 Å². The molecule has 3 atom stereocenters. The molecule has 3 aliphatic rings. The largest absolute Gasteiger partial charge is 0.412 e. The topological polar surface area (TPSA) is 75.0 Å². The first-order chi connectivity index (χ1) is 13.2. The SMILES string of the molecule is C.CC[C@@H](C)C(CC[C@@H]1CCCNC1)CC1CCC(C2CCC(C)CC2)CC1.O.O. The van der Waals surface area contributed by atoms with Gasteiger partial charge >= 0.3 is 0 Å². The van der Waals surface area contributed by atoms with Crippen molar-refractivity contribution in [2.45, 2.75) is 118 Å². The average Bonchev–Trinajstić information content (AvgIpc) is 2.72. The zero-order valence-corrected chi connectivity index (χ0v) is 19.9. The Hall–Kier alpha value is -0.120. The van der Waals surface area contributed by atoms with Crippen LogP contribution in [0.25, 0.3) is 0 Å². The molecule has 0 aromatic rings. The summed E-state index contributed by atoms with van der Waals surface area (Å²) in [5.74, 6) is 7.12. The lowest BCUT2D eigenvalue weighted by Gasteiger charge is -2.38. The smallest absolute Gasteiger partial charge is 0.00205 e. The summed E-state index contributed by atoms with van der Waals surface area (Å²) >= 11 is 0. The van der Waals surface area contributed by atoms with Crippen LogP contribution in [0.1, 0.15) is 118 Å². The van der Waals surface area contributed by atoms with Crippen LogP contribution in [0.4, 0.5) is 0 Å². The molecular weight excluding hydrogens is 370 g/mol. The van der Waals surface area contributed by atoms with Crippen LogP contribution in [0.3, 0.4) is 0 Å². The Balaban J connectivity index is 0.00000280. The van der Waals surface area contributed by atoms with E-state index in [0.29, 0.717) is 0 Å².